The van der Waals surface area contributed by atoms with Gasteiger partial charge in [-0.15, -0.1) is 0 Å². The summed E-state index contributed by atoms with van der Waals surface area (Å²) in [6, 6.07) is 8.34. The van der Waals surface area contributed by atoms with Gasteiger partial charge in [-0.1, -0.05) is 6.07 Å². The fourth-order valence-electron chi connectivity index (χ4n) is 2.36. The molecule has 0 bridgehead atoms. The van der Waals surface area contributed by atoms with Crippen LogP contribution in [0.2, 0.25) is 0 Å². The second kappa shape index (κ2) is 8.32. The van der Waals surface area contributed by atoms with Crippen molar-refractivity contribution in [2.75, 3.05) is 11.9 Å². The second-order valence-corrected chi connectivity index (χ2v) is 6.12. The van der Waals surface area contributed by atoms with Crippen LogP contribution in [-0.4, -0.2) is 34.4 Å². The van der Waals surface area contributed by atoms with E-state index >= 15 is 0 Å². The summed E-state index contributed by atoms with van der Waals surface area (Å²) in [4.78, 5) is 23.9. The van der Waals surface area contributed by atoms with Crippen LogP contribution < -0.4 is 10.6 Å². The van der Waals surface area contributed by atoms with Crippen LogP contribution in [0.15, 0.2) is 30.3 Å². The zero-order valence-corrected chi connectivity index (χ0v) is 15.0. The van der Waals surface area contributed by atoms with Crippen LogP contribution >= 0.6 is 0 Å². The van der Waals surface area contributed by atoms with Gasteiger partial charge >= 0.3 is 12.0 Å². The molecule has 1 aromatic heterocycles. The normalized spacial score (nSPS) is 10.6. The number of carbonyl (C=O) groups excluding carboxylic acids is 2. The van der Waals surface area contributed by atoms with Crippen molar-refractivity contribution in [2.45, 2.75) is 40.3 Å². The largest absolute Gasteiger partial charge is 0.460 e. The van der Waals surface area contributed by atoms with Crippen molar-refractivity contribution in [1.82, 2.24) is 15.1 Å². The molecule has 25 heavy (non-hydrogen) atoms. The molecule has 1 aromatic carbocycles. The number of carbonyl (C=O) groups is 2. The van der Waals surface area contributed by atoms with E-state index in [2.05, 4.69) is 15.7 Å². The fourth-order valence-corrected chi connectivity index (χ4v) is 2.36. The molecule has 0 saturated carbocycles. The van der Waals surface area contributed by atoms with Gasteiger partial charge < -0.3 is 15.4 Å². The summed E-state index contributed by atoms with van der Waals surface area (Å²) in [7, 11) is 0. The van der Waals surface area contributed by atoms with Crippen LogP contribution in [0.5, 0.6) is 0 Å². The van der Waals surface area contributed by atoms with Gasteiger partial charge in [0.2, 0.25) is 0 Å². The van der Waals surface area contributed by atoms with Gasteiger partial charge in [-0.05, 0) is 52.0 Å². The highest BCUT2D eigenvalue weighted by Gasteiger charge is 2.10. The summed E-state index contributed by atoms with van der Waals surface area (Å²) in [5.74, 6) is -0.436. The first-order valence-corrected chi connectivity index (χ1v) is 8.21. The average molecular weight is 344 g/mol. The lowest BCUT2D eigenvalue weighted by atomic mass is 10.2. The lowest BCUT2D eigenvalue weighted by Gasteiger charge is -2.11. The lowest BCUT2D eigenvalue weighted by molar-refractivity contribution is 0.0487. The minimum atomic E-state index is -0.436. The van der Waals surface area contributed by atoms with E-state index < -0.39 is 5.97 Å². The number of rotatable bonds is 6. The highest BCUT2D eigenvalue weighted by molar-refractivity contribution is 5.93. The Kier molecular flexibility index (Phi) is 6.16. The van der Waals surface area contributed by atoms with Crippen molar-refractivity contribution >= 4 is 17.7 Å². The number of aromatic nitrogens is 2. The number of esters is 1. The minimum Gasteiger partial charge on any atom is -0.460 e. The highest BCUT2D eigenvalue weighted by Crippen LogP contribution is 2.12. The van der Waals surface area contributed by atoms with Crippen LogP contribution in [0.4, 0.5) is 10.5 Å². The molecule has 2 aromatic rings. The molecule has 0 aliphatic rings. The maximum atomic E-state index is 12.2. The molecule has 2 amide bonds. The van der Waals surface area contributed by atoms with Crippen LogP contribution in [-0.2, 0) is 11.3 Å². The van der Waals surface area contributed by atoms with Gasteiger partial charge in [0.15, 0.2) is 0 Å². The van der Waals surface area contributed by atoms with Gasteiger partial charge in [-0.2, -0.15) is 5.10 Å². The Balaban J connectivity index is 1.90. The highest BCUT2D eigenvalue weighted by atomic mass is 16.5. The zero-order valence-electron chi connectivity index (χ0n) is 15.0. The molecule has 0 aliphatic carbocycles. The predicted octanol–water partition coefficient (Wildman–Crippen LogP) is 2.89. The number of anilines is 1. The number of ether oxygens (including phenoxy) is 1. The first-order chi connectivity index (χ1) is 11.8. The van der Waals surface area contributed by atoms with E-state index in [9.17, 15) is 9.59 Å². The standard InChI is InChI=1S/C18H24N4O3/c1-12(2)19-18(24)20-16-7-5-6-15(11-16)17(23)25-9-8-22-14(4)10-13(3)21-22/h5-7,10-12H,8-9H2,1-4H3,(H2,19,20,24). The number of aryl methyl sites for hydroxylation is 2. The van der Waals surface area contributed by atoms with Crippen molar-refractivity contribution < 1.29 is 14.3 Å². The Hall–Kier alpha value is -2.83. The number of benzene rings is 1. The number of hydrogen-bond acceptors (Lipinski definition) is 4. The molecule has 0 atom stereocenters. The molecule has 0 radical (unpaired) electrons. The molecular weight excluding hydrogens is 320 g/mol. The smallest absolute Gasteiger partial charge is 0.338 e. The fraction of sp³-hybridized carbons (Fsp3) is 0.389. The predicted molar refractivity (Wildman–Crippen MR) is 95.7 cm³/mol. The Labute approximate surface area is 147 Å². The number of amides is 2. The molecule has 7 nitrogen and oxygen atoms in total. The van der Waals surface area contributed by atoms with Crippen molar-refractivity contribution in [3.8, 4) is 0 Å². The quantitative estimate of drug-likeness (QED) is 0.789. The van der Waals surface area contributed by atoms with Crippen molar-refractivity contribution in [2.24, 2.45) is 0 Å². The van der Waals surface area contributed by atoms with E-state index in [1.54, 1.807) is 28.9 Å². The first kappa shape index (κ1) is 18.5. The van der Waals surface area contributed by atoms with E-state index in [1.165, 1.54) is 0 Å². The van der Waals surface area contributed by atoms with Crippen molar-refractivity contribution in [1.29, 1.82) is 0 Å². The molecule has 0 spiro atoms. The van der Waals surface area contributed by atoms with Crippen molar-refractivity contribution in [3.63, 3.8) is 0 Å². The Morgan fingerprint density at radius 3 is 2.64 bits per heavy atom. The molecule has 2 N–H and O–H groups in total. The molecule has 134 valence electrons. The summed E-state index contributed by atoms with van der Waals surface area (Å²) in [5, 5.41) is 9.73. The van der Waals surface area contributed by atoms with E-state index in [0.717, 1.165) is 11.4 Å². The Bertz CT molecular complexity index is 753. The minimum absolute atomic E-state index is 0.0301. The maximum Gasteiger partial charge on any atom is 0.338 e. The lowest BCUT2D eigenvalue weighted by Crippen LogP contribution is -2.34. The molecule has 2 rings (SSSR count). The van der Waals surface area contributed by atoms with Crippen LogP contribution in [0.25, 0.3) is 0 Å². The topological polar surface area (TPSA) is 85.2 Å². The number of nitrogens with zero attached hydrogens (tertiary/aromatic N) is 2. The summed E-state index contributed by atoms with van der Waals surface area (Å²) in [6.07, 6.45) is 0. The third kappa shape index (κ3) is 5.63. The van der Waals surface area contributed by atoms with E-state index in [4.69, 9.17) is 4.74 Å². The molecule has 7 heteroatoms. The third-order valence-electron chi connectivity index (χ3n) is 3.42. The molecule has 1 heterocycles. The summed E-state index contributed by atoms with van der Waals surface area (Å²) in [6.45, 7) is 8.35. The van der Waals surface area contributed by atoms with Gasteiger partial charge in [0.1, 0.15) is 6.61 Å². The van der Waals surface area contributed by atoms with Gasteiger partial charge in [0, 0.05) is 17.4 Å². The summed E-state index contributed by atoms with van der Waals surface area (Å²) < 4.78 is 7.10. The van der Waals surface area contributed by atoms with E-state index in [1.807, 2.05) is 33.8 Å². The van der Waals surface area contributed by atoms with Gasteiger partial charge in [-0.3, -0.25) is 4.68 Å². The summed E-state index contributed by atoms with van der Waals surface area (Å²) >= 11 is 0. The van der Waals surface area contributed by atoms with Crippen LogP contribution in [0.1, 0.15) is 35.6 Å². The van der Waals surface area contributed by atoms with Gasteiger partial charge in [0.25, 0.3) is 0 Å². The van der Waals surface area contributed by atoms with Gasteiger partial charge in [-0.25, -0.2) is 9.59 Å². The summed E-state index contributed by atoms with van der Waals surface area (Å²) in [5.41, 5.74) is 2.88. The number of hydrogen-bond donors (Lipinski definition) is 2. The first-order valence-electron chi connectivity index (χ1n) is 8.21. The second-order valence-electron chi connectivity index (χ2n) is 6.12. The van der Waals surface area contributed by atoms with Crippen LogP contribution in [0, 0.1) is 13.8 Å². The van der Waals surface area contributed by atoms with E-state index in [-0.39, 0.29) is 18.7 Å². The molecular formula is C18H24N4O3. The van der Waals surface area contributed by atoms with E-state index in [0.29, 0.717) is 17.8 Å². The van der Waals surface area contributed by atoms with Gasteiger partial charge in [0.05, 0.1) is 17.8 Å². The SMILES string of the molecule is Cc1cc(C)n(CCOC(=O)c2cccc(NC(=O)NC(C)C)c2)n1. The zero-order chi connectivity index (χ0) is 18.4. The number of urea groups is 1. The van der Waals surface area contributed by atoms with Crippen molar-refractivity contribution in [3.05, 3.63) is 47.3 Å². The Morgan fingerprint density at radius 2 is 2.00 bits per heavy atom. The molecule has 0 unspecified atom stereocenters. The average Bonchev–Trinajstić information content (AvgIpc) is 2.84. The molecule has 0 fully saturated rings. The Morgan fingerprint density at radius 1 is 1.24 bits per heavy atom. The maximum absolute atomic E-state index is 12.2. The molecule has 0 saturated heterocycles. The third-order valence-corrected chi connectivity index (χ3v) is 3.42. The monoisotopic (exact) mass is 344 g/mol. The van der Waals surface area contributed by atoms with Crippen LogP contribution in [0.3, 0.4) is 0 Å². The number of nitrogens with one attached hydrogen (secondary N) is 2. The molecule has 0 aliphatic heterocycles.